The van der Waals surface area contributed by atoms with Crippen molar-refractivity contribution < 1.29 is 14.7 Å². The number of hydrogen-bond donors (Lipinski definition) is 2. The van der Waals surface area contributed by atoms with Gasteiger partial charge in [0.15, 0.2) is 0 Å². The molecule has 3 rings (SSSR count). The number of nitrogens with one attached hydrogen (secondary N) is 1. The molecule has 0 radical (unpaired) electrons. The van der Waals surface area contributed by atoms with E-state index in [9.17, 15) is 14.7 Å². The number of carbonyl (C=O) groups excluding carboxylic acids is 2. The fraction of sp³-hybridized carbons (Fsp3) is 0.429. The quantitative estimate of drug-likeness (QED) is 0.774. The highest BCUT2D eigenvalue weighted by atomic mass is 16.3. The Morgan fingerprint density at radius 2 is 2.00 bits per heavy atom. The van der Waals surface area contributed by atoms with E-state index in [4.69, 9.17) is 0 Å². The van der Waals surface area contributed by atoms with E-state index in [1.165, 1.54) is 0 Å². The Morgan fingerprint density at radius 3 is 2.53 bits per heavy atom. The molecule has 0 aromatic heterocycles. The molecule has 1 atom stereocenters. The summed E-state index contributed by atoms with van der Waals surface area (Å²) in [5.41, 5.74) is -0.409. The van der Waals surface area contributed by atoms with Gasteiger partial charge in [-0.15, -0.1) is 0 Å². The Labute approximate surface area is 111 Å². The van der Waals surface area contributed by atoms with Crippen LogP contribution >= 0.6 is 0 Å². The molecule has 2 amide bonds. The van der Waals surface area contributed by atoms with Gasteiger partial charge in [-0.05, 0) is 31.4 Å². The average Bonchev–Trinajstić information content (AvgIpc) is 2.40. The van der Waals surface area contributed by atoms with Crippen molar-refractivity contribution in [1.82, 2.24) is 5.32 Å². The Balaban J connectivity index is 1.59. The van der Waals surface area contributed by atoms with Crippen molar-refractivity contribution in [3.05, 3.63) is 30.3 Å². The molecule has 5 heteroatoms. The van der Waals surface area contributed by atoms with Gasteiger partial charge in [0.05, 0.1) is 6.54 Å². The van der Waals surface area contributed by atoms with Crippen LogP contribution in [0.15, 0.2) is 30.3 Å². The summed E-state index contributed by atoms with van der Waals surface area (Å²) >= 11 is 0. The minimum atomic E-state index is -1.24. The number of anilines is 1. The Bertz CT molecular complexity index is 511. The monoisotopic (exact) mass is 260 g/mol. The van der Waals surface area contributed by atoms with E-state index in [1.54, 1.807) is 4.90 Å². The summed E-state index contributed by atoms with van der Waals surface area (Å²) in [5, 5.41) is 12.5. The summed E-state index contributed by atoms with van der Waals surface area (Å²) in [6, 6.07) is 8.83. The lowest BCUT2D eigenvalue weighted by atomic mass is 9.79. The molecule has 19 heavy (non-hydrogen) atoms. The number of para-hydroxylation sites is 1. The molecule has 2 fully saturated rings. The summed E-state index contributed by atoms with van der Waals surface area (Å²) in [5.74, 6) is -0.535. The first-order chi connectivity index (χ1) is 9.10. The molecule has 100 valence electrons. The summed E-state index contributed by atoms with van der Waals surface area (Å²) < 4.78 is 0. The highest BCUT2D eigenvalue weighted by Gasteiger charge is 2.46. The van der Waals surface area contributed by atoms with Crippen LogP contribution in [0.5, 0.6) is 0 Å². The van der Waals surface area contributed by atoms with Gasteiger partial charge in [-0.1, -0.05) is 18.2 Å². The second-order valence-corrected chi connectivity index (χ2v) is 5.20. The Morgan fingerprint density at radius 1 is 1.32 bits per heavy atom. The van der Waals surface area contributed by atoms with Crippen LogP contribution in [0.25, 0.3) is 0 Å². The first-order valence-electron chi connectivity index (χ1n) is 6.50. The lowest BCUT2D eigenvalue weighted by Crippen LogP contribution is -2.67. The number of aliphatic hydroxyl groups is 1. The van der Waals surface area contributed by atoms with Crippen molar-refractivity contribution in [2.75, 3.05) is 11.4 Å². The van der Waals surface area contributed by atoms with E-state index in [0.717, 1.165) is 12.1 Å². The predicted molar refractivity (Wildman–Crippen MR) is 69.5 cm³/mol. The maximum absolute atomic E-state index is 12.0. The third kappa shape index (κ3) is 2.00. The number of β-lactam (4-membered cyclic amide) rings is 1. The molecule has 2 aliphatic rings. The summed E-state index contributed by atoms with van der Waals surface area (Å²) in [7, 11) is 0. The smallest absolute Gasteiger partial charge is 0.252 e. The van der Waals surface area contributed by atoms with Crippen molar-refractivity contribution >= 4 is 17.5 Å². The highest BCUT2D eigenvalue weighted by Crippen LogP contribution is 2.32. The third-order valence-corrected chi connectivity index (χ3v) is 3.91. The average molecular weight is 260 g/mol. The minimum Gasteiger partial charge on any atom is -0.380 e. The number of hydrogen-bond acceptors (Lipinski definition) is 3. The highest BCUT2D eigenvalue weighted by molar-refractivity contribution is 6.06. The number of benzene rings is 1. The number of carbonyl (C=O) groups is 2. The zero-order valence-corrected chi connectivity index (χ0v) is 10.5. The molecule has 1 aliphatic carbocycles. The summed E-state index contributed by atoms with van der Waals surface area (Å²) in [4.78, 5) is 25.4. The van der Waals surface area contributed by atoms with Gasteiger partial charge >= 0.3 is 0 Å². The van der Waals surface area contributed by atoms with Gasteiger partial charge in [-0.3, -0.25) is 9.59 Å². The number of rotatable bonds is 3. The van der Waals surface area contributed by atoms with Gasteiger partial charge in [-0.25, -0.2) is 0 Å². The lowest BCUT2D eigenvalue weighted by Gasteiger charge is -2.41. The molecule has 2 N–H and O–H groups in total. The van der Waals surface area contributed by atoms with E-state index in [2.05, 4.69) is 5.32 Å². The van der Waals surface area contributed by atoms with Crippen molar-refractivity contribution in [3.63, 3.8) is 0 Å². The van der Waals surface area contributed by atoms with Crippen molar-refractivity contribution in [2.45, 2.75) is 30.9 Å². The van der Waals surface area contributed by atoms with Gasteiger partial charge < -0.3 is 15.3 Å². The lowest BCUT2D eigenvalue weighted by molar-refractivity contribution is -0.151. The zero-order valence-electron chi connectivity index (χ0n) is 10.5. The van der Waals surface area contributed by atoms with E-state index < -0.39 is 17.6 Å². The van der Waals surface area contributed by atoms with Crippen LogP contribution in [0.2, 0.25) is 0 Å². The van der Waals surface area contributed by atoms with E-state index in [1.807, 2.05) is 30.3 Å². The SMILES string of the molecule is O=C1C(NC(=O)C2(O)CCC2)CN1c1ccccc1. The van der Waals surface area contributed by atoms with E-state index in [-0.39, 0.29) is 5.91 Å². The van der Waals surface area contributed by atoms with Gasteiger partial charge in [-0.2, -0.15) is 0 Å². The fourth-order valence-corrected chi connectivity index (χ4v) is 2.41. The molecular weight excluding hydrogens is 244 g/mol. The van der Waals surface area contributed by atoms with Crippen LogP contribution in [0.1, 0.15) is 19.3 Å². The predicted octanol–water partition coefficient (Wildman–Crippen LogP) is 0.433. The number of nitrogens with zero attached hydrogens (tertiary/aromatic N) is 1. The molecule has 1 saturated carbocycles. The van der Waals surface area contributed by atoms with Crippen molar-refractivity contribution in [3.8, 4) is 0 Å². The van der Waals surface area contributed by atoms with Crippen LogP contribution in [0.3, 0.4) is 0 Å². The van der Waals surface area contributed by atoms with Crippen molar-refractivity contribution in [1.29, 1.82) is 0 Å². The third-order valence-electron chi connectivity index (χ3n) is 3.91. The van der Waals surface area contributed by atoms with Crippen LogP contribution in [0.4, 0.5) is 5.69 Å². The molecule has 1 aromatic carbocycles. The van der Waals surface area contributed by atoms with E-state index in [0.29, 0.717) is 19.4 Å². The van der Waals surface area contributed by atoms with Crippen LogP contribution in [-0.2, 0) is 9.59 Å². The molecule has 1 aromatic rings. The second kappa shape index (κ2) is 4.35. The number of amides is 2. The maximum atomic E-state index is 12.0. The van der Waals surface area contributed by atoms with Crippen LogP contribution in [-0.4, -0.2) is 35.1 Å². The van der Waals surface area contributed by atoms with Crippen LogP contribution in [0, 0.1) is 0 Å². The van der Waals surface area contributed by atoms with Gasteiger partial charge in [0.2, 0.25) is 0 Å². The molecule has 1 heterocycles. The first kappa shape index (κ1) is 12.2. The molecule has 5 nitrogen and oxygen atoms in total. The normalized spacial score (nSPS) is 24.4. The largest absolute Gasteiger partial charge is 0.380 e. The summed E-state index contributed by atoms with van der Waals surface area (Å²) in [6.07, 6.45) is 1.84. The molecule has 1 saturated heterocycles. The zero-order chi connectivity index (χ0) is 13.5. The Kier molecular flexibility index (Phi) is 2.78. The Hall–Kier alpha value is -1.88. The minimum absolute atomic E-state index is 0.123. The molecule has 0 bridgehead atoms. The van der Waals surface area contributed by atoms with E-state index >= 15 is 0 Å². The molecule has 0 spiro atoms. The standard InChI is InChI=1S/C14H16N2O3/c17-12-11(15-13(18)14(19)7-4-8-14)9-16(12)10-5-2-1-3-6-10/h1-3,5-6,11,19H,4,7-9H2,(H,15,18). The van der Waals surface area contributed by atoms with Gasteiger partial charge in [0.1, 0.15) is 11.6 Å². The van der Waals surface area contributed by atoms with Crippen molar-refractivity contribution in [2.24, 2.45) is 0 Å². The van der Waals surface area contributed by atoms with Crippen LogP contribution < -0.4 is 10.2 Å². The molecule has 1 aliphatic heterocycles. The molecule has 1 unspecified atom stereocenters. The fourth-order valence-electron chi connectivity index (χ4n) is 2.41. The summed E-state index contributed by atoms with van der Waals surface area (Å²) in [6.45, 7) is 0.463. The van der Waals surface area contributed by atoms with Gasteiger partial charge in [0, 0.05) is 5.69 Å². The van der Waals surface area contributed by atoms with Gasteiger partial charge in [0.25, 0.3) is 11.8 Å². The topological polar surface area (TPSA) is 69.6 Å². The first-order valence-corrected chi connectivity index (χ1v) is 6.50. The second-order valence-electron chi connectivity index (χ2n) is 5.20. The maximum Gasteiger partial charge on any atom is 0.252 e. The molecular formula is C14H16N2O3.